The molecule has 1 aliphatic heterocycles. The molecule has 1 aliphatic rings. The van der Waals surface area contributed by atoms with E-state index in [9.17, 15) is 14.0 Å². The Kier molecular flexibility index (Phi) is 6.99. The second-order valence-electron chi connectivity index (χ2n) is 5.66. The van der Waals surface area contributed by atoms with E-state index < -0.39 is 0 Å². The highest BCUT2D eigenvalue weighted by molar-refractivity contribution is 5.78. The van der Waals surface area contributed by atoms with E-state index in [-0.39, 0.29) is 30.7 Å². The molecule has 0 radical (unpaired) electrons. The number of piperazine rings is 1. The number of halogens is 1. The van der Waals surface area contributed by atoms with Crippen LogP contribution in [0.3, 0.4) is 0 Å². The zero-order valence-corrected chi connectivity index (χ0v) is 14.0. The lowest BCUT2D eigenvalue weighted by Crippen LogP contribution is -2.51. The molecule has 1 N–H and O–H groups in total. The molecular formula is C17H24FN3O3. The van der Waals surface area contributed by atoms with E-state index in [2.05, 4.69) is 5.32 Å². The quantitative estimate of drug-likeness (QED) is 0.802. The van der Waals surface area contributed by atoms with Crippen LogP contribution in [-0.2, 0) is 9.59 Å². The molecule has 0 aliphatic carbocycles. The molecule has 0 atom stereocenters. The molecule has 0 aromatic heterocycles. The Labute approximate surface area is 141 Å². The van der Waals surface area contributed by atoms with Crippen molar-refractivity contribution in [3.8, 4) is 5.75 Å². The molecule has 7 heteroatoms. The SMILES string of the molecule is CCNC(=O)CN1CCN(C(=O)CCOc2ccc(F)cc2)CC1. The van der Waals surface area contributed by atoms with Crippen LogP contribution in [0.15, 0.2) is 24.3 Å². The number of benzene rings is 1. The molecule has 1 aromatic rings. The molecule has 1 saturated heterocycles. The van der Waals surface area contributed by atoms with Gasteiger partial charge in [-0.05, 0) is 31.2 Å². The Morgan fingerprint density at radius 3 is 2.46 bits per heavy atom. The third-order valence-electron chi connectivity index (χ3n) is 3.86. The number of hydrogen-bond donors (Lipinski definition) is 1. The predicted molar refractivity (Wildman–Crippen MR) is 88.2 cm³/mol. The third-order valence-corrected chi connectivity index (χ3v) is 3.86. The van der Waals surface area contributed by atoms with Crippen molar-refractivity contribution < 1.29 is 18.7 Å². The summed E-state index contributed by atoms with van der Waals surface area (Å²) in [6.07, 6.45) is 0.285. The largest absolute Gasteiger partial charge is 0.493 e. The van der Waals surface area contributed by atoms with E-state index in [1.54, 1.807) is 17.0 Å². The Morgan fingerprint density at radius 1 is 1.17 bits per heavy atom. The summed E-state index contributed by atoms with van der Waals surface area (Å²) in [6.45, 7) is 5.80. The lowest BCUT2D eigenvalue weighted by Gasteiger charge is -2.34. The van der Waals surface area contributed by atoms with Gasteiger partial charge in [0.25, 0.3) is 0 Å². The standard InChI is InChI=1S/C17H24FN3O3/c1-2-19-16(22)13-20-8-10-21(11-9-20)17(23)7-12-24-15-5-3-14(18)4-6-15/h3-6H,2,7-13H2,1H3,(H,19,22). The normalized spacial score (nSPS) is 15.2. The summed E-state index contributed by atoms with van der Waals surface area (Å²) < 4.78 is 18.2. The Morgan fingerprint density at radius 2 is 1.83 bits per heavy atom. The van der Waals surface area contributed by atoms with Gasteiger partial charge in [-0.3, -0.25) is 14.5 Å². The summed E-state index contributed by atoms with van der Waals surface area (Å²) in [5.41, 5.74) is 0. The Hall–Kier alpha value is -2.15. The van der Waals surface area contributed by atoms with Crippen molar-refractivity contribution in [2.75, 3.05) is 45.9 Å². The topological polar surface area (TPSA) is 61.9 Å². The van der Waals surface area contributed by atoms with Crippen molar-refractivity contribution in [1.29, 1.82) is 0 Å². The Balaban J connectivity index is 1.65. The highest BCUT2D eigenvalue weighted by atomic mass is 19.1. The van der Waals surface area contributed by atoms with Gasteiger partial charge in [-0.15, -0.1) is 0 Å². The van der Waals surface area contributed by atoms with Gasteiger partial charge in [-0.1, -0.05) is 0 Å². The van der Waals surface area contributed by atoms with Gasteiger partial charge < -0.3 is 15.0 Å². The minimum atomic E-state index is -0.316. The third kappa shape index (κ3) is 5.81. The van der Waals surface area contributed by atoms with Crippen LogP contribution in [0.5, 0.6) is 5.75 Å². The predicted octanol–water partition coefficient (Wildman–Crippen LogP) is 0.875. The number of likely N-dealkylation sites (N-methyl/N-ethyl adjacent to an activating group) is 1. The fourth-order valence-electron chi connectivity index (χ4n) is 2.56. The number of nitrogens with one attached hydrogen (secondary N) is 1. The van der Waals surface area contributed by atoms with Crippen LogP contribution in [0.25, 0.3) is 0 Å². The van der Waals surface area contributed by atoms with E-state index >= 15 is 0 Å². The van der Waals surface area contributed by atoms with Gasteiger partial charge in [-0.2, -0.15) is 0 Å². The monoisotopic (exact) mass is 337 g/mol. The number of amides is 2. The van der Waals surface area contributed by atoms with Gasteiger partial charge in [0.2, 0.25) is 11.8 Å². The summed E-state index contributed by atoms with van der Waals surface area (Å²) in [5.74, 6) is 0.291. The number of carbonyl (C=O) groups is 2. The molecular weight excluding hydrogens is 313 g/mol. The zero-order valence-electron chi connectivity index (χ0n) is 14.0. The van der Waals surface area contributed by atoms with E-state index in [0.717, 1.165) is 0 Å². The molecule has 2 rings (SSSR count). The molecule has 1 heterocycles. The summed E-state index contributed by atoms with van der Waals surface area (Å²) in [4.78, 5) is 27.6. The molecule has 132 valence electrons. The number of rotatable bonds is 7. The highest BCUT2D eigenvalue weighted by Gasteiger charge is 2.22. The first kappa shape index (κ1) is 18.2. The van der Waals surface area contributed by atoms with Crippen LogP contribution in [0, 0.1) is 5.82 Å². The van der Waals surface area contributed by atoms with Crippen molar-refractivity contribution in [2.24, 2.45) is 0 Å². The molecule has 0 saturated carbocycles. The van der Waals surface area contributed by atoms with Gasteiger partial charge >= 0.3 is 0 Å². The van der Waals surface area contributed by atoms with E-state index in [0.29, 0.717) is 45.0 Å². The fourth-order valence-corrected chi connectivity index (χ4v) is 2.56. The maximum atomic E-state index is 12.8. The first-order chi connectivity index (χ1) is 11.6. The maximum absolute atomic E-state index is 12.8. The van der Waals surface area contributed by atoms with Crippen LogP contribution in [-0.4, -0.2) is 67.5 Å². The van der Waals surface area contributed by atoms with Crippen molar-refractivity contribution in [3.05, 3.63) is 30.1 Å². The number of nitrogens with zero attached hydrogens (tertiary/aromatic N) is 2. The number of ether oxygens (including phenoxy) is 1. The van der Waals surface area contributed by atoms with Crippen molar-refractivity contribution >= 4 is 11.8 Å². The summed E-state index contributed by atoms with van der Waals surface area (Å²) in [7, 11) is 0. The minimum absolute atomic E-state index is 0.0185. The molecule has 6 nitrogen and oxygen atoms in total. The van der Waals surface area contributed by atoms with Crippen LogP contribution in [0.1, 0.15) is 13.3 Å². The molecule has 0 unspecified atom stereocenters. The average molecular weight is 337 g/mol. The lowest BCUT2D eigenvalue weighted by molar-refractivity contribution is -0.133. The zero-order chi connectivity index (χ0) is 17.4. The molecule has 0 spiro atoms. The van der Waals surface area contributed by atoms with Crippen molar-refractivity contribution in [2.45, 2.75) is 13.3 Å². The van der Waals surface area contributed by atoms with E-state index in [1.807, 2.05) is 11.8 Å². The summed E-state index contributed by atoms with van der Waals surface area (Å²) in [5, 5.41) is 2.77. The smallest absolute Gasteiger partial charge is 0.234 e. The maximum Gasteiger partial charge on any atom is 0.234 e. The van der Waals surface area contributed by atoms with E-state index in [1.165, 1.54) is 12.1 Å². The summed E-state index contributed by atoms with van der Waals surface area (Å²) in [6, 6.07) is 5.73. The van der Waals surface area contributed by atoms with Gasteiger partial charge in [0, 0.05) is 32.7 Å². The molecule has 2 amide bonds. The first-order valence-corrected chi connectivity index (χ1v) is 8.23. The number of carbonyl (C=O) groups excluding carboxylic acids is 2. The van der Waals surface area contributed by atoms with Crippen molar-refractivity contribution in [3.63, 3.8) is 0 Å². The molecule has 24 heavy (non-hydrogen) atoms. The van der Waals surface area contributed by atoms with Gasteiger partial charge in [-0.25, -0.2) is 4.39 Å². The molecule has 1 aromatic carbocycles. The van der Waals surface area contributed by atoms with Crippen LogP contribution in [0.4, 0.5) is 4.39 Å². The molecule has 0 bridgehead atoms. The average Bonchev–Trinajstić information content (AvgIpc) is 2.57. The highest BCUT2D eigenvalue weighted by Crippen LogP contribution is 2.11. The first-order valence-electron chi connectivity index (χ1n) is 8.23. The lowest BCUT2D eigenvalue weighted by atomic mass is 10.2. The van der Waals surface area contributed by atoms with Crippen LogP contribution in [0.2, 0.25) is 0 Å². The molecule has 1 fully saturated rings. The van der Waals surface area contributed by atoms with Crippen LogP contribution >= 0.6 is 0 Å². The van der Waals surface area contributed by atoms with E-state index in [4.69, 9.17) is 4.74 Å². The Bertz CT molecular complexity index is 543. The summed E-state index contributed by atoms with van der Waals surface area (Å²) >= 11 is 0. The second kappa shape index (κ2) is 9.22. The number of hydrogen-bond acceptors (Lipinski definition) is 4. The van der Waals surface area contributed by atoms with Crippen LogP contribution < -0.4 is 10.1 Å². The second-order valence-corrected chi connectivity index (χ2v) is 5.66. The van der Waals surface area contributed by atoms with Crippen molar-refractivity contribution in [1.82, 2.24) is 15.1 Å². The van der Waals surface area contributed by atoms with Gasteiger partial charge in [0.1, 0.15) is 11.6 Å². The van der Waals surface area contributed by atoms with Gasteiger partial charge in [0.05, 0.1) is 19.6 Å². The van der Waals surface area contributed by atoms with Gasteiger partial charge in [0.15, 0.2) is 0 Å². The minimum Gasteiger partial charge on any atom is -0.493 e. The fraction of sp³-hybridized carbons (Fsp3) is 0.529.